The van der Waals surface area contributed by atoms with Crippen molar-refractivity contribution >= 4 is 28.5 Å². The Morgan fingerprint density at radius 2 is 1.93 bits per heavy atom. The second-order valence-electron chi connectivity index (χ2n) is 10.6. The van der Waals surface area contributed by atoms with E-state index in [9.17, 15) is 8.78 Å². The van der Waals surface area contributed by atoms with E-state index in [1.807, 2.05) is 5.48 Å². The summed E-state index contributed by atoms with van der Waals surface area (Å²) in [4.78, 5) is 16.0. The fraction of sp³-hybridized carbons (Fsp3) is 0.379. The standard InChI is InChI=1S/C29H30ClF2N7O3/c30-19-2-1-18(22(32)11-19)16-42-29-21(31)3-4-23(36-29)17-5-8-38(9-6-17)15-27-35-24-12-25(28(33)37-40)34-13-26(24)39(27)14-20-7-10-41-20/h1-4,11-13,17,20,40H,5-10,14-16H2,(H2,33,37)/t20-/m0/s1. The monoisotopic (exact) mass is 597 g/mol. The summed E-state index contributed by atoms with van der Waals surface area (Å²) < 4.78 is 42.0. The van der Waals surface area contributed by atoms with E-state index < -0.39 is 11.6 Å². The molecule has 220 valence electrons. The van der Waals surface area contributed by atoms with E-state index in [1.165, 1.54) is 18.2 Å². The molecule has 0 unspecified atom stereocenters. The minimum Gasteiger partial charge on any atom is -0.471 e. The first kappa shape index (κ1) is 28.4. The lowest BCUT2D eigenvalue weighted by atomic mass is 9.93. The van der Waals surface area contributed by atoms with Crippen molar-refractivity contribution < 1.29 is 23.5 Å². The normalized spacial score (nSPS) is 17.8. The molecule has 42 heavy (non-hydrogen) atoms. The molecule has 4 aromatic rings. The number of benzene rings is 1. The Labute approximate surface area is 245 Å². The van der Waals surface area contributed by atoms with Crippen molar-refractivity contribution in [2.75, 3.05) is 19.7 Å². The summed E-state index contributed by atoms with van der Waals surface area (Å²) in [6, 6.07) is 8.99. The molecule has 1 aromatic carbocycles. The Morgan fingerprint density at radius 1 is 1.12 bits per heavy atom. The largest absolute Gasteiger partial charge is 0.471 e. The molecule has 2 fully saturated rings. The smallest absolute Gasteiger partial charge is 0.250 e. The van der Waals surface area contributed by atoms with E-state index >= 15 is 0 Å². The third-order valence-electron chi connectivity index (χ3n) is 7.85. The van der Waals surface area contributed by atoms with E-state index in [2.05, 4.69) is 19.4 Å². The highest BCUT2D eigenvalue weighted by Crippen LogP contribution is 2.31. The average molecular weight is 598 g/mol. The van der Waals surface area contributed by atoms with Crippen LogP contribution in [0.1, 0.15) is 48.0 Å². The van der Waals surface area contributed by atoms with Gasteiger partial charge in [-0.1, -0.05) is 17.7 Å². The fourth-order valence-corrected chi connectivity index (χ4v) is 5.52. The number of aromatic nitrogens is 4. The molecular weight excluding hydrogens is 568 g/mol. The molecule has 0 spiro atoms. The molecule has 1 atom stereocenters. The van der Waals surface area contributed by atoms with Gasteiger partial charge in [0.05, 0.1) is 36.4 Å². The maximum absolute atomic E-state index is 14.5. The zero-order valence-corrected chi connectivity index (χ0v) is 23.4. The summed E-state index contributed by atoms with van der Waals surface area (Å²) in [5.74, 6) is -0.444. The predicted octanol–water partition coefficient (Wildman–Crippen LogP) is 4.81. The third kappa shape index (κ3) is 6.07. The van der Waals surface area contributed by atoms with Crippen LogP contribution in [0.25, 0.3) is 11.0 Å². The highest BCUT2D eigenvalue weighted by Gasteiger charge is 2.26. The fourth-order valence-electron chi connectivity index (χ4n) is 5.36. The van der Waals surface area contributed by atoms with Crippen molar-refractivity contribution in [3.8, 4) is 5.88 Å². The van der Waals surface area contributed by atoms with Crippen LogP contribution >= 0.6 is 11.6 Å². The van der Waals surface area contributed by atoms with Gasteiger partial charge in [-0.15, -0.1) is 0 Å². The Hall–Kier alpha value is -3.71. The van der Waals surface area contributed by atoms with Crippen molar-refractivity contribution in [3.05, 3.63) is 82.0 Å². The second kappa shape index (κ2) is 12.3. The lowest BCUT2D eigenvalue weighted by molar-refractivity contribution is -0.0592. The van der Waals surface area contributed by atoms with Crippen LogP contribution < -0.4 is 10.2 Å². The van der Waals surface area contributed by atoms with Crippen LogP contribution in [0.3, 0.4) is 0 Å². The quantitative estimate of drug-likeness (QED) is 0.143. The molecule has 0 saturated carbocycles. The van der Waals surface area contributed by atoms with Crippen LogP contribution in [0.15, 0.2) is 42.6 Å². The maximum Gasteiger partial charge on any atom is 0.250 e. The summed E-state index contributed by atoms with van der Waals surface area (Å²) >= 11 is 5.81. The molecular formula is C29H30ClF2N7O3. The van der Waals surface area contributed by atoms with Gasteiger partial charge >= 0.3 is 0 Å². The van der Waals surface area contributed by atoms with E-state index in [4.69, 9.17) is 36.7 Å². The number of likely N-dealkylation sites (tertiary alicyclic amines) is 1. The molecule has 2 aliphatic heterocycles. The molecule has 10 nitrogen and oxygen atoms in total. The number of hydrogen-bond donors (Lipinski definition) is 3. The van der Waals surface area contributed by atoms with Crippen molar-refractivity contribution in [3.63, 3.8) is 0 Å². The molecule has 13 heteroatoms. The van der Waals surface area contributed by atoms with Crippen LogP contribution in [-0.4, -0.2) is 61.3 Å². The molecule has 0 aliphatic carbocycles. The maximum atomic E-state index is 14.5. The van der Waals surface area contributed by atoms with Gasteiger partial charge in [-0.3, -0.25) is 26.0 Å². The molecule has 0 bridgehead atoms. The van der Waals surface area contributed by atoms with Gasteiger partial charge in [0.25, 0.3) is 5.88 Å². The van der Waals surface area contributed by atoms with Gasteiger partial charge in [-0.2, -0.15) is 0 Å². The molecule has 0 amide bonds. The molecule has 0 radical (unpaired) electrons. The van der Waals surface area contributed by atoms with Crippen molar-refractivity contribution in [1.29, 1.82) is 5.41 Å². The van der Waals surface area contributed by atoms with Gasteiger partial charge in [0, 0.05) is 28.8 Å². The van der Waals surface area contributed by atoms with Crippen LogP contribution in [-0.2, 0) is 24.4 Å². The van der Waals surface area contributed by atoms with Crippen molar-refractivity contribution in [1.82, 2.24) is 29.9 Å². The number of hydroxylamine groups is 1. The minimum absolute atomic E-state index is 0.126. The summed E-state index contributed by atoms with van der Waals surface area (Å²) in [5.41, 5.74) is 4.70. The number of amidine groups is 1. The first-order chi connectivity index (χ1) is 20.4. The Balaban J connectivity index is 1.13. The Morgan fingerprint density at radius 3 is 2.64 bits per heavy atom. The van der Waals surface area contributed by atoms with E-state index in [1.54, 1.807) is 24.4 Å². The van der Waals surface area contributed by atoms with Gasteiger partial charge in [0.2, 0.25) is 0 Å². The zero-order chi connectivity index (χ0) is 29.2. The van der Waals surface area contributed by atoms with Crippen molar-refractivity contribution in [2.24, 2.45) is 0 Å². The molecule has 5 heterocycles. The van der Waals surface area contributed by atoms with Gasteiger partial charge in [0.1, 0.15) is 23.9 Å². The number of ether oxygens (including phenoxy) is 2. The highest BCUT2D eigenvalue weighted by atomic mass is 35.5. The van der Waals surface area contributed by atoms with Gasteiger partial charge in [0.15, 0.2) is 11.7 Å². The first-order valence-corrected chi connectivity index (χ1v) is 14.2. The number of piperidine rings is 1. The van der Waals surface area contributed by atoms with Gasteiger partial charge < -0.3 is 14.0 Å². The van der Waals surface area contributed by atoms with Gasteiger partial charge in [-0.05, 0) is 62.7 Å². The third-order valence-corrected chi connectivity index (χ3v) is 8.08. The summed E-state index contributed by atoms with van der Waals surface area (Å²) in [6.07, 6.45) is 4.43. The lowest BCUT2D eigenvalue weighted by Crippen LogP contribution is -2.35. The summed E-state index contributed by atoms with van der Waals surface area (Å²) in [6.45, 7) is 3.47. The Bertz CT molecular complexity index is 1610. The number of halogens is 3. The predicted molar refractivity (Wildman–Crippen MR) is 151 cm³/mol. The number of hydrogen-bond acceptors (Lipinski definition) is 8. The number of pyridine rings is 2. The lowest BCUT2D eigenvalue weighted by Gasteiger charge is -2.32. The van der Waals surface area contributed by atoms with Crippen LogP contribution in [0, 0.1) is 17.0 Å². The van der Waals surface area contributed by atoms with E-state index in [0.717, 1.165) is 56.0 Å². The molecule has 6 rings (SSSR count). The number of fused-ring (bicyclic) bond motifs is 1. The molecule has 2 aliphatic rings. The molecule has 3 N–H and O–H groups in total. The number of rotatable bonds is 9. The molecule has 3 aromatic heterocycles. The SMILES string of the molecule is N=C(NO)c1cc2nc(CN3CCC(c4ccc(F)c(OCc5ccc(Cl)cc5F)n4)CC3)n(C[C@@H]3CCO3)c2cn1. The number of nitrogens with one attached hydrogen (secondary N) is 2. The minimum atomic E-state index is -0.595. The van der Waals surface area contributed by atoms with Crippen molar-refractivity contribution in [2.45, 2.75) is 51.0 Å². The van der Waals surface area contributed by atoms with Crippen LogP contribution in [0.2, 0.25) is 5.02 Å². The van der Waals surface area contributed by atoms with E-state index in [-0.39, 0.29) is 40.9 Å². The van der Waals surface area contributed by atoms with E-state index in [0.29, 0.717) is 24.3 Å². The highest BCUT2D eigenvalue weighted by molar-refractivity contribution is 6.30. The summed E-state index contributed by atoms with van der Waals surface area (Å²) in [7, 11) is 0. The Kier molecular flexibility index (Phi) is 8.29. The first-order valence-electron chi connectivity index (χ1n) is 13.8. The van der Waals surface area contributed by atoms with Crippen LogP contribution in [0.4, 0.5) is 8.78 Å². The van der Waals surface area contributed by atoms with Gasteiger partial charge in [-0.25, -0.2) is 18.7 Å². The molecule has 2 saturated heterocycles. The van der Waals surface area contributed by atoms with Crippen LogP contribution in [0.5, 0.6) is 5.88 Å². The average Bonchev–Trinajstić information content (AvgIpc) is 3.31. The second-order valence-corrected chi connectivity index (χ2v) is 11.0. The number of nitrogens with zero attached hydrogens (tertiary/aromatic N) is 5. The number of imidazole rings is 1. The topological polar surface area (TPSA) is 121 Å². The summed E-state index contributed by atoms with van der Waals surface area (Å²) in [5, 5.41) is 17.2. The zero-order valence-electron chi connectivity index (χ0n) is 22.7.